The van der Waals surface area contributed by atoms with Crippen molar-refractivity contribution in [2.45, 2.75) is 29.4 Å². The summed E-state index contributed by atoms with van der Waals surface area (Å²) in [5, 5.41) is 10.0. The highest BCUT2D eigenvalue weighted by Crippen LogP contribution is 2.25. The van der Waals surface area contributed by atoms with Crippen molar-refractivity contribution in [3.05, 3.63) is 30.6 Å². The molecule has 6 nitrogen and oxygen atoms in total. The van der Waals surface area contributed by atoms with Crippen LogP contribution < -0.4 is 11.1 Å². The van der Waals surface area contributed by atoms with E-state index in [-0.39, 0.29) is 5.91 Å². The Hall–Kier alpha value is -1.86. The first-order chi connectivity index (χ1) is 9.19. The van der Waals surface area contributed by atoms with Gasteiger partial charge in [0.15, 0.2) is 5.16 Å². The molecule has 0 bridgehead atoms. The zero-order valence-electron chi connectivity index (χ0n) is 10.5. The largest absolute Gasteiger partial charge is 0.325 e. The summed E-state index contributed by atoms with van der Waals surface area (Å²) in [4.78, 5) is 16.7. The van der Waals surface area contributed by atoms with Crippen LogP contribution in [0.1, 0.15) is 13.3 Å². The predicted octanol–water partition coefficient (Wildman–Crippen LogP) is 1.63. The highest BCUT2D eigenvalue weighted by molar-refractivity contribution is 7.99. The third-order valence-electron chi connectivity index (χ3n) is 2.51. The number of carbonyl (C=O) groups is 1. The van der Waals surface area contributed by atoms with Gasteiger partial charge in [0, 0.05) is 10.6 Å². The van der Waals surface area contributed by atoms with E-state index in [1.807, 2.05) is 31.2 Å². The van der Waals surface area contributed by atoms with Gasteiger partial charge in [-0.2, -0.15) is 5.10 Å². The lowest BCUT2D eigenvalue weighted by atomic mass is 10.2. The quantitative estimate of drug-likeness (QED) is 0.772. The summed E-state index contributed by atoms with van der Waals surface area (Å²) in [6.45, 7) is 1.88. The normalized spacial score (nSPS) is 12.1. The topological polar surface area (TPSA) is 96.7 Å². The summed E-state index contributed by atoms with van der Waals surface area (Å²) in [5.41, 5.74) is 6.38. The Morgan fingerprint density at radius 2 is 2.21 bits per heavy atom. The number of aromatic amines is 1. The number of rotatable bonds is 5. The Morgan fingerprint density at radius 3 is 2.79 bits per heavy atom. The number of hydrogen-bond acceptors (Lipinski definition) is 5. The number of hydrogen-bond donors (Lipinski definition) is 3. The minimum atomic E-state index is -0.469. The van der Waals surface area contributed by atoms with Crippen molar-refractivity contribution in [2.24, 2.45) is 5.73 Å². The third-order valence-corrected chi connectivity index (χ3v) is 3.40. The van der Waals surface area contributed by atoms with Gasteiger partial charge in [0.1, 0.15) is 6.33 Å². The maximum absolute atomic E-state index is 11.6. The van der Waals surface area contributed by atoms with E-state index in [0.29, 0.717) is 6.42 Å². The molecule has 2 rings (SSSR count). The number of benzene rings is 1. The minimum absolute atomic E-state index is 0.168. The van der Waals surface area contributed by atoms with E-state index in [1.54, 1.807) is 0 Å². The van der Waals surface area contributed by atoms with Crippen molar-refractivity contribution in [1.82, 2.24) is 15.2 Å². The number of carbonyl (C=O) groups excluding carboxylic acids is 1. The smallest absolute Gasteiger partial charge is 0.241 e. The Kier molecular flexibility index (Phi) is 4.53. The molecule has 1 aromatic heterocycles. The van der Waals surface area contributed by atoms with Crippen LogP contribution in [0.4, 0.5) is 5.69 Å². The van der Waals surface area contributed by atoms with E-state index in [1.165, 1.54) is 18.1 Å². The standard InChI is InChI=1S/C12H15N5OS/c1-2-10(13)11(18)16-8-3-5-9(6-4-8)19-12-14-7-15-17-12/h3-7,10H,2,13H2,1H3,(H,16,18)(H,14,15,17)/t10-/m0/s1. The van der Waals surface area contributed by atoms with Crippen LogP contribution >= 0.6 is 11.8 Å². The highest BCUT2D eigenvalue weighted by Gasteiger charge is 2.10. The maximum Gasteiger partial charge on any atom is 0.241 e. The number of amides is 1. The second-order valence-corrected chi connectivity index (χ2v) is 4.98. The molecule has 0 saturated carbocycles. The molecule has 0 radical (unpaired) electrons. The SMILES string of the molecule is CC[C@H](N)C(=O)Nc1ccc(Sc2ncn[nH]2)cc1. The average Bonchev–Trinajstić information content (AvgIpc) is 2.93. The first-order valence-electron chi connectivity index (χ1n) is 5.88. The molecule has 0 aliphatic heterocycles. The zero-order valence-corrected chi connectivity index (χ0v) is 11.3. The number of nitrogens with two attached hydrogens (primary N) is 1. The summed E-state index contributed by atoms with van der Waals surface area (Å²) in [6.07, 6.45) is 2.08. The summed E-state index contributed by atoms with van der Waals surface area (Å²) in [5.74, 6) is -0.168. The summed E-state index contributed by atoms with van der Waals surface area (Å²) < 4.78 is 0. The van der Waals surface area contributed by atoms with E-state index in [0.717, 1.165) is 15.7 Å². The highest BCUT2D eigenvalue weighted by atomic mass is 32.2. The van der Waals surface area contributed by atoms with Crippen LogP contribution in [0.15, 0.2) is 40.6 Å². The molecule has 0 unspecified atom stereocenters. The van der Waals surface area contributed by atoms with Crippen LogP contribution in [0.2, 0.25) is 0 Å². The van der Waals surface area contributed by atoms with Gasteiger partial charge in [-0.3, -0.25) is 9.89 Å². The molecular weight excluding hydrogens is 262 g/mol. The van der Waals surface area contributed by atoms with Gasteiger partial charge in [0.2, 0.25) is 5.91 Å². The zero-order chi connectivity index (χ0) is 13.7. The second-order valence-electron chi connectivity index (χ2n) is 3.92. The van der Waals surface area contributed by atoms with Crippen LogP contribution in [-0.4, -0.2) is 27.1 Å². The van der Waals surface area contributed by atoms with Crippen molar-refractivity contribution >= 4 is 23.4 Å². The molecule has 19 heavy (non-hydrogen) atoms. The Bertz CT molecular complexity index is 526. The van der Waals surface area contributed by atoms with E-state index in [9.17, 15) is 4.79 Å². The van der Waals surface area contributed by atoms with Gasteiger partial charge in [-0.15, -0.1) is 0 Å². The molecule has 4 N–H and O–H groups in total. The molecular formula is C12H15N5OS. The lowest BCUT2D eigenvalue weighted by Crippen LogP contribution is -2.34. The van der Waals surface area contributed by atoms with Crippen LogP contribution in [0.25, 0.3) is 0 Å². The van der Waals surface area contributed by atoms with Gasteiger partial charge in [-0.05, 0) is 30.7 Å². The van der Waals surface area contributed by atoms with Gasteiger partial charge in [-0.1, -0.05) is 18.7 Å². The Balaban J connectivity index is 1.96. The van der Waals surface area contributed by atoms with Gasteiger partial charge in [0.25, 0.3) is 0 Å². The summed E-state index contributed by atoms with van der Waals surface area (Å²) in [6, 6.07) is 7.00. The molecule has 0 aliphatic carbocycles. The number of nitrogens with zero attached hydrogens (tertiary/aromatic N) is 2. The van der Waals surface area contributed by atoms with Crippen molar-refractivity contribution in [3.63, 3.8) is 0 Å². The number of nitrogens with one attached hydrogen (secondary N) is 2. The molecule has 0 aliphatic rings. The average molecular weight is 277 g/mol. The van der Waals surface area contributed by atoms with Crippen LogP contribution in [0.5, 0.6) is 0 Å². The van der Waals surface area contributed by atoms with Gasteiger partial charge in [0.05, 0.1) is 6.04 Å². The van der Waals surface area contributed by atoms with E-state index < -0.39 is 6.04 Å². The van der Waals surface area contributed by atoms with E-state index in [2.05, 4.69) is 20.5 Å². The summed E-state index contributed by atoms with van der Waals surface area (Å²) >= 11 is 1.47. The van der Waals surface area contributed by atoms with Gasteiger partial charge >= 0.3 is 0 Å². The van der Waals surface area contributed by atoms with Crippen molar-refractivity contribution in [3.8, 4) is 0 Å². The lowest BCUT2D eigenvalue weighted by molar-refractivity contribution is -0.117. The third kappa shape index (κ3) is 3.80. The fraction of sp³-hybridized carbons (Fsp3) is 0.250. The molecule has 100 valence electrons. The van der Waals surface area contributed by atoms with Gasteiger partial charge < -0.3 is 11.1 Å². The van der Waals surface area contributed by atoms with Crippen LogP contribution in [0.3, 0.4) is 0 Å². The van der Waals surface area contributed by atoms with Crippen molar-refractivity contribution in [2.75, 3.05) is 5.32 Å². The second kappa shape index (κ2) is 6.35. The minimum Gasteiger partial charge on any atom is -0.325 e. The monoisotopic (exact) mass is 277 g/mol. The first-order valence-corrected chi connectivity index (χ1v) is 6.70. The molecule has 1 amide bonds. The van der Waals surface area contributed by atoms with Gasteiger partial charge in [-0.25, -0.2) is 4.98 Å². The van der Waals surface area contributed by atoms with E-state index in [4.69, 9.17) is 5.73 Å². The molecule has 1 heterocycles. The van der Waals surface area contributed by atoms with Crippen LogP contribution in [0, 0.1) is 0 Å². The van der Waals surface area contributed by atoms with Crippen LogP contribution in [-0.2, 0) is 4.79 Å². The Morgan fingerprint density at radius 1 is 1.47 bits per heavy atom. The number of H-pyrrole nitrogens is 1. The lowest BCUT2D eigenvalue weighted by Gasteiger charge is -2.10. The molecule has 1 aromatic carbocycles. The molecule has 0 spiro atoms. The number of anilines is 1. The molecule has 0 fully saturated rings. The number of aromatic nitrogens is 3. The maximum atomic E-state index is 11.6. The predicted molar refractivity (Wildman–Crippen MR) is 73.8 cm³/mol. The Labute approximate surface area is 115 Å². The first kappa shape index (κ1) is 13.6. The molecule has 7 heteroatoms. The molecule has 2 aromatic rings. The van der Waals surface area contributed by atoms with Crippen molar-refractivity contribution in [1.29, 1.82) is 0 Å². The molecule has 1 atom stereocenters. The fourth-order valence-corrected chi connectivity index (χ4v) is 2.08. The van der Waals surface area contributed by atoms with E-state index >= 15 is 0 Å². The fourth-order valence-electron chi connectivity index (χ4n) is 1.38. The molecule has 0 saturated heterocycles. The van der Waals surface area contributed by atoms with Crippen molar-refractivity contribution < 1.29 is 4.79 Å². The summed E-state index contributed by atoms with van der Waals surface area (Å²) in [7, 11) is 0.